The Kier molecular flexibility index (Phi) is 3.84. The van der Waals surface area contributed by atoms with Crippen LogP contribution in [0.25, 0.3) is 0 Å². The molecule has 0 aromatic heterocycles. The summed E-state index contributed by atoms with van der Waals surface area (Å²) >= 11 is 0. The predicted octanol–water partition coefficient (Wildman–Crippen LogP) is 2.69. The van der Waals surface area contributed by atoms with Crippen molar-refractivity contribution in [1.82, 2.24) is 0 Å². The van der Waals surface area contributed by atoms with Crippen molar-refractivity contribution >= 4 is 5.97 Å². The maximum absolute atomic E-state index is 12.5. The molecule has 0 aliphatic rings. The van der Waals surface area contributed by atoms with Crippen molar-refractivity contribution < 1.29 is 31.5 Å². The van der Waals surface area contributed by atoms with E-state index in [1.54, 1.807) is 0 Å². The zero-order valence-corrected chi connectivity index (χ0v) is 7.99. The van der Waals surface area contributed by atoms with E-state index in [0.29, 0.717) is 6.92 Å². The van der Waals surface area contributed by atoms with Crippen LogP contribution in [0.1, 0.15) is 13.8 Å². The lowest BCUT2D eigenvalue weighted by atomic mass is 10.2. The molecule has 0 fully saturated rings. The second kappa shape index (κ2) is 4.16. The number of carbonyl (C=O) groups excluding carboxylic acids is 1. The molecule has 0 saturated carbocycles. The normalized spacial score (nSPS) is 14.6. The maximum Gasteiger partial charge on any atom is 0.457 e. The maximum atomic E-state index is 12.5. The molecule has 1 unspecified atom stereocenters. The lowest BCUT2D eigenvalue weighted by molar-refractivity contribution is -0.311. The third kappa shape index (κ3) is 3.17. The lowest BCUT2D eigenvalue weighted by Gasteiger charge is -2.25. The number of halogens is 5. The van der Waals surface area contributed by atoms with E-state index in [0.717, 1.165) is 6.92 Å². The summed E-state index contributed by atoms with van der Waals surface area (Å²) in [5.41, 5.74) is -0.250. The number of ether oxygens (including phenoxy) is 1. The molecule has 0 bridgehead atoms. The molecule has 0 saturated heterocycles. The second-order valence-corrected chi connectivity index (χ2v) is 2.95. The highest BCUT2D eigenvalue weighted by atomic mass is 19.4. The van der Waals surface area contributed by atoms with E-state index in [-0.39, 0.29) is 5.57 Å². The molecular formula is C8H9F5O2. The van der Waals surface area contributed by atoms with Gasteiger partial charge in [-0.05, 0) is 13.8 Å². The highest BCUT2D eigenvalue weighted by molar-refractivity contribution is 5.87. The van der Waals surface area contributed by atoms with Crippen molar-refractivity contribution in [2.45, 2.75) is 32.1 Å². The van der Waals surface area contributed by atoms with Crippen LogP contribution in [0.4, 0.5) is 22.0 Å². The molecule has 1 atom stereocenters. The van der Waals surface area contributed by atoms with Crippen LogP contribution in [-0.4, -0.2) is 24.2 Å². The summed E-state index contributed by atoms with van der Waals surface area (Å²) in [6.07, 6.45) is -8.33. The van der Waals surface area contributed by atoms with Gasteiger partial charge in [-0.3, -0.25) is 0 Å². The molecule has 7 heteroatoms. The van der Waals surface area contributed by atoms with Crippen molar-refractivity contribution in [2.75, 3.05) is 0 Å². The van der Waals surface area contributed by atoms with Gasteiger partial charge < -0.3 is 4.74 Å². The lowest BCUT2D eigenvalue weighted by Crippen LogP contribution is -2.47. The minimum absolute atomic E-state index is 0.250. The Morgan fingerprint density at radius 2 is 1.67 bits per heavy atom. The molecule has 2 nitrogen and oxygen atoms in total. The van der Waals surface area contributed by atoms with Gasteiger partial charge in [0.15, 0.2) is 6.10 Å². The van der Waals surface area contributed by atoms with Crippen molar-refractivity contribution in [1.29, 1.82) is 0 Å². The summed E-state index contributed by atoms with van der Waals surface area (Å²) in [7, 11) is 0. The average molecular weight is 232 g/mol. The molecule has 0 aromatic rings. The summed E-state index contributed by atoms with van der Waals surface area (Å²) in [6.45, 7) is 4.66. The van der Waals surface area contributed by atoms with Crippen LogP contribution in [0.3, 0.4) is 0 Å². The molecular weight excluding hydrogens is 223 g/mol. The van der Waals surface area contributed by atoms with Crippen LogP contribution in [0.2, 0.25) is 0 Å². The molecule has 0 aliphatic heterocycles. The minimum atomic E-state index is -5.75. The molecule has 0 N–H and O–H groups in total. The zero-order valence-electron chi connectivity index (χ0n) is 7.99. The molecule has 0 amide bonds. The number of rotatable bonds is 3. The third-order valence-electron chi connectivity index (χ3n) is 1.52. The summed E-state index contributed by atoms with van der Waals surface area (Å²) < 4.78 is 64.2. The molecule has 88 valence electrons. The minimum Gasteiger partial charge on any atom is -0.453 e. The van der Waals surface area contributed by atoms with E-state index in [1.807, 2.05) is 0 Å². The summed E-state index contributed by atoms with van der Waals surface area (Å²) in [5.74, 6) is -6.36. The predicted molar refractivity (Wildman–Crippen MR) is 41.4 cm³/mol. The number of hydrogen-bond donors (Lipinski definition) is 0. The first-order valence-corrected chi connectivity index (χ1v) is 3.81. The van der Waals surface area contributed by atoms with Crippen LogP contribution in [0, 0.1) is 0 Å². The quantitative estimate of drug-likeness (QED) is 0.425. The highest BCUT2D eigenvalue weighted by Gasteiger charge is 2.62. The van der Waals surface area contributed by atoms with Gasteiger partial charge in [-0.25, -0.2) is 4.79 Å². The Labute approximate surface area is 82.7 Å². The third-order valence-corrected chi connectivity index (χ3v) is 1.52. The van der Waals surface area contributed by atoms with E-state index in [1.165, 1.54) is 0 Å². The van der Waals surface area contributed by atoms with Gasteiger partial charge in [0.2, 0.25) is 0 Å². The monoisotopic (exact) mass is 232 g/mol. The fraction of sp³-hybridized carbons (Fsp3) is 0.625. The Hall–Kier alpha value is -1.14. The highest BCUT2D eigenvalue weighted by Crippen LogP contribution is 2.39. The largest absolute Gasteiger partial charge is 0.457 e. The Morgan fingerprint density at radius 3 is 1.93 bits per heavy atom. The SMILES string of the molecule is C=C(C)C(=O)OC(C)C(F)(F)C(F)(F)F. The van der Waals surface area contributed by atoms with Gasteiger partial charge in [0.1, 0.15) is 0 Å². The first-order valence-electron chi connectivity index (χ1n) is 3.81. The molecule has 0 spiro atoms. The second-order valence-electron chi connectivity index (χ2n) is 2.95. The van der Waals surface area contributed by atoms with E-state index in [9.17, 15) is 26.7 Å². The van der Waals surface area contributed by atoms with Crippen molar-refractivity contribution in [3.8, 4) is 0 Å². The fourth-order valence-corrected chi connectivity index (χ4v) is 0.566. The van der Waals surface area contributed by atoms with Gasteiger partial charge in [0.25, 0.3) is 0 Å². The fourth-order valence-electron chi connectivity index (χ4n) is 0.566. The van der Waals surface area contributed by atoms with E-state index < -0.39 is 24.2 Å². The van der Waals surface area contributed by atoms with Gasteiger partial charge in [-0.1, -0.05) is 6.58 Å². The first-order chi connectivity index (χ1) is 6.50. The first kappa shape index (κ1) is 13.9. The van der Waals surface area contributed by atoms with E-state index in [2.05, 4.69) is 11.3 Å². The molecule has 15 heavy (non-hydrogen) atoms. The average Bonchev–Trinajstić information content (AvgIpc) is 2.01. The summed E-state index contributed by atoms with van der Waals surface area (Å²) in [5, 5.41) is 0. The van der Waals surface area contributed by atoms with Crippen molar-refractivity contribution in [3.05, 3.63) is 12.2 Å². The Morgan fingerprint density at radius 1 is 1.27 bits per heavy atom. The molecule has 0 rings (SSSR count). The van der Waals surface area contributed by atoms with Crippen molar-refractivity contribution in [3.63, 3.8) is 0 Å². The molecule has 0 aliphatic carbocycles. The van der Waals surface area contributed by atoms with Crippen LogP contribution >= 0.6 is 0 Å². The van der Waals surface area contributed by atoms with Crippen LogP contribution < -0.4 is 0 Å². The van der Waals surface area contributed by atoms with Crippen LogP contribution in [0.5, 0.6) is 0 Å². The number of carbonyl (C=O) groups is 1. The van der Waals surface area contributed by atoms with E-state index >= 15 is 0 Å². The van der Waals surface area contributed by atoms with Gasteiger partial charge in [-0.2, -0.15) is 22.0 Å². The zero-order chi connectivity index (χ0) is 12.4. The topological polar surface area (TPSA) is 26.3 Å². The van der Waals surface area contributed by atoms with Gasteiger partial charge in [-0.15, -0.1) is 0 Å². The van der Waals surface area contributed by atoms with Gasteiger partial charge >= 0.3 is 18.1 Å². The van der Waals surface area contributed by atoms with E-state index in [4.69, 9.17) is 0 Å². The Bertz CT molecular complexity index is 269. The van der Waals surface area contributed by atoms with Crippen LogP contribution in [0.15, 0.2) is 12.2 Å². The number of alkyl halides is 5. The molecule has 0 aromatic carbocycles. The molecule has 0 heterocycles. The van der Waals surface area contributed by atoms with Crippen molar-refractivity contribution in [2.24, 2.45) is 0 Å². The van der Waals surface area contributed by atoms with Gasteiger partial charge in [0.05, 0.1) is 0 Å². The molecule has 0 radical (unpaired) electrons. The van der Waals surface area contributed by atoms with Gasteiger partial charge in [0, 0.05) is 5.57 Å². The smallest absolute Gasteiger partial charge is 0.453 e. The number of hydrogen-bond acceptors (Lipinski definition) is 2. The standard InChI is InChI=1S/C8H9F5O2/c1-4(2)6(14)15-5(3)7(9,10)8(11,12)13/h5H,1H2,2-3H3. The number of esters is 1. The van der Waals surface area contributed by atoms with Crippen LogP contribution in [-0.2, 0) is 9.53 Å². The summed E-state index contributed by atoms with van der Waals surface area (Å²) in [4.78, 5) is 10.7. The Balaban J connectivity index is 4.66. The summed E-state index contributed by atoms with van der Waals surface area (Å²) in [6, 6.07) is 0.